The van der Waals surface area contributed by atoms with E-state index < -0.39 is 76.4 Å². The Bertz CT molecular complexity index is 2790. The smallest absolute Gasteiger partial charge is 0.409 e. The van der Waals surface area contributed by atoms with E-state index in [1.54, 1.807) is 107 Å². The van der Waals surface area contributed by atoms with Crippen molar-refractivity contribution in [3.63, 3.8) is 0 Å². The molecule has 0 aliphatic carbocycles. The number of anilines is 5. The Morgan fingerprint density at radius 2 is 1.61 bits per heavy atom. The van der Waals surface area contributed by atoms with E-state index >= 15 is 0 Å². The number of urea groups is 1. The van der Waals surface area contributed by atoms with Crippen molar-refractivity contribution in [1.29, 1.82) is 0 Å². The lowest BCUT2D eigenvalue weighted by Crippen LogP contribution is -2.53. The van der Waals surface area contributed by atoms with Gasteiger partial charge in [-0.05, 0) is 127 Å². The fourth-order valence-electron chi connectivity index (χ4n) is 8.29. The highest BCUT2D eigenvalue weighted by atomic mass is 32.2. The maximum absolute atomic E-state index is 14.5. The number of hydrogen-bond donors (Lipinski definition) is 7. The summed E-state index contributed by atoms with van der Waals surface area (Å²) in [5.74, 6) is -1.61. The molecule has 2 atom stereocenters. The van der Waals surface area contributed by atoms with Crippen molar-refractivity contribution in [2.45, 2.75) is 88.9 Å². The first kappa shape index (κ1) is 57.8. The van der Waals surface area contributed by atoms with Gasteiger partial charge >= 0.3 is 12.1 Å². The van der Waals surface area contributed by atoms with Gasteiger partial charge in [-0.2, -0.15) is 10.5 Å². The van der Waals surface area contributed by atoms with Crippen LogP contribution in [0.5, 0.6) is 5.75 Å². The summed E-state index contributed by atoms with van der Waals surface area (Å²) in [6.45, 7) is 10.3. The second-order valence-electron chi connectivity index (χ2n) is 19.6. The van der Waals surface area contributed by atoms with Gasteiger partial charge in [0, 0.05) is 68.9 Å². The van der Waals surface area contributed by atoms with Crippen molar-refractivity contribution in [3.8, 4) is 5.75 Å². The van der Waals surface area contributed by atoms with Crippen molar-refractivity contribution >= 4 is 74.6 Å². The third-order valence-corrected chi connectivity index (χ3v) is 14.1. The first-order valence-corrected chi connectivity index (χ1v) is 26.4. The van der Waals surface area contributed by atoms with E-state index in [1.807, 2.05) is 0 Å². The van der Waals surface area contributed by atoms with Crippen molar-refractivity contribution in [2.75, 3.05) is 82.0 Å². The standard InChI is InChI=1S/C51H69N13O11S/c1-34-31-54-48(57-45(34)56-37-11-9-12-40(29-37)76(72,73)59-51(2,3)4)64(38-18-20-39(21-19-38)74-28-27-62-22-7-8-23-62)49(69)60(5)25-26-61(6)50(70)75-33-35-14-16-36(17-15-35)55-44(66)32-53-46(67)42-13-10-24-63(42)47(68)41(58-71)30-43(52)65/h9,11-12,14-21,29,31,41-42,58-59,71H,7-8,10,13,22-28,30,32-33H2,1-6H3,(H2,52,65)(H,53,67)(H,55,66)(H,54,56,57). The van der Waals surface area contributed by atoms with Crippen molar-refractivity contribution < 1.29 is 51.9 Å². The number of nitrogens with two attached hydrogens (primary N) is 1. The number of likely N-dealkylation sites (tertiary alicyclic amines) is 2. The minimum absolute atomic E-state index is 0.0212. The van der Waals surface area contributed by atoms with E-state index in [9.17, 15) is 42.4 Å². The lowest BCUT2D eigenvalue weighted by atomic mass is 10.1. The van der Waals surface area contributed by atoms with E-state index in [-0.39, 0.29) is 37.1 Å². The van der Waals surface area contributed by atoms with Crippen LogP contribution < -0.4 is 41.5 Å². The molecule has 2 aliphatic rings. The van der Waals surface area contributed by atoms with Crippen LogP contribution in [0.3, 0.4) is 0 Å². The van der Waals surface area contributed by atoms with Gasteiger partial charge in [0.15, 0.2) is 0 Å². The Hall–Kier alpha value is -7.45. The quantitative estimate of drug-likeness (QED) is 0.0520. The highest BCUT2D eigenvalue weighted by molar-refractivity contribution is 7.89. The maximum atomic E-state index is 14.5. The number of ether oxygens (including phenoxy) is 2. The second kappa shape index (κ2) is 26.4. The molecular formula is C51H69N13O11S. The number of benzene rings is 3. The first-order valence-electron chi connectivity index (χ1n) is 24.9. The van der Waals surface area contributed by atoms with Crippen molar-refractivity contribution in [3.05, 3.63) is 90.1 Å². The fourth-order valence-corrected chi connectivity index (χ4v) is 9.75. The van der Waals surface area contributed by atoms with Crippen molar-refractivity contribution in [1.82, 2.24) is 45.1 Å². The van der Waals surface area contributed by atoms with Gasteiger partial charge in [0.2, 0.25) is 39.6 Å². The van der Waals surface area contributed by atoms with Gasteiger partial charge in [0.1, 0.15) is 36.9 Å². The molecule has 410 valence electrons. The topological polar surface area (TPSA) is 303 Å². The monoisotopic (exact) mass is 1070 g/mol. The Kier molecular flexibility index (Phi) is 20.0. The van der Waals surface area contributed by atoms with Crippen LogP contribution >= 0.6 is 0 Å². The zero-order chi connectivity index (χ0) is 55.2. The van der Waals surface area contributed by atoms with Crippen molar-refractivity contribution in [2.24, 2.45) is 5.73 Å². The lowest BCUT2D eigenvalue weighted by molar-refractivity contribution is -0.143. The Morgan fingerprint density at radius 3 is 2.28 bits per heavy atom. The Morgan fingerprint density at radius 1 is 0.908 bits per heavy atom. The highest BCUT2D eigenvalue weighted by Gasteiger charge is 2.38. The summed E-state index contributed by atoms with van der Waals surface area (Å²) < 4.78 is 40.6. The molecule has 2 unspecified atom stereocenters. The normalized spacial score (nSPS) is 15.1. The van der Waals surface area contributed by atoms with E-state index in [1.165, 1.54) is 51.6 Å². The lowest BCUT2D eigenvalue weighted by Gasteiger charge is -2.28. The van der Waals surface area contributed by atoms with Crippen LogP contribution in [0, 0.1) is 6.92 Å². The molecule has 2 saturated heterocycles. The van der Waals surface area contributed by atoms with Gasteiger partial charge < -0.3 is 51.1 Å². The molecule has 0 spiro atoms. The van der Waals surface area contributed by atoms with Crippen LogP contribution in [-0.2, 0) is 40.5 Å². The largest absolute Gasteiger partial charge is 0.492 e. The molecule has 1 aromatic heterocycles. The number of rotatable bonds is 23. The third kappa shape index (κ3) is 16.5. The highest BCUT2D eigenvalue weighted by Crippen LogP contribution is 2.30. The zero-order valence-corrected chi connectivity index (χ0v) is 44.5. The van der Waals surface area contributed by atoms with Crippen LogP contribution in [0.4, 0.5) is 38.4 Å². The number of carbonyl (C=O) groups is 6. The van der Waals surface area contributed by atoms with Gasteiger partial charge in [-0.15, -0.1) is 0 Å². The third-order valence-electron chi connectivity index (χ3n) is 12.3. The van der Waals surface area contributed by atoms with E-state index in [2.05, 4.69) is 30.6 Å². The first-order chi connectivity index (χ1) is 36.1. The number of amides is 7. The van der Waals surface area contributed by atoms with Gasteiger partial charge in [-0.3, -0.25) is 24.1 Å². The molecule has 2 aliphatic heterocycles. The predicted octanol–water partition coefficient (Wildman–Crippen LogP) is 3.81. The minimum Gasteiger partial charge on any atom is -0.492 e. The number of carbonyl (C=O) groups excluding carboxylic acids is 6. The molecule has 24 nitrogen and oxygen atoms in total. The van der Waals surface area contributed by atoms with Gasteiger partial charge in [0.25, 0.3) is 0 Å². The van der Waals surface area contributed by atoms with Crippen LogP contribution in [0.1, 0.15) is 64.0 Å². The average molecular weight is 1070 g/mol. The number of aryl methyl sites for hydroxylation is 1. The molecule has 8 N–H and O–H groups in total. The molecule has 0 bridgehead atoms. The van der Waals surface area contributed by atoms with Gasteiger partial charge in [-0.1, -0.05) is 18.2 Å². The summed E-state index contributed by atoms with van der Waals surface area (Å²) in [4.78, 5) is 94.5. The predicted molar refractivity (Wildman–Crippen MR) is 282 cm³/mol. The van der Waals surface area contributed by atoms with E-state index in [0.29, 0.717) is 59.2 Å². The minimum atomic E-state index is -3.85. The SMILES string of the molecule is Cc1cnc(N(C(=O)N(C)CCN(C)C(=O)OCc2ccc(NC(=O)CNC(=O)C3CCCN3C(=O)C(CC(N)=O)NO)cc2)c2ccc(OCCN3CCCC3)cc2)nc1Nc1cccc(S(=O)(=O)NC(C)(C)C)c1. The molecule has 2 fully saturated rings. The van der Waals surface area contributed by atoms with E-state index in [0.717, 1.165) is 19.6 Å². The molecule has 6 rings (SSSR count). The summed E-state index contributed by atoms with van der Waals surface area (Å²) in [6, 6.07) is 17.1. The number of aromatic nitrogens is 2. The number of hydroxylamine groups is 1. The van der Waals surface area contributed by atoms with Crippen LogP contribution in [0.25, 0.3) is 0 Å². The summed E-state index contributed by atoms with van der Waals surface area (Å²) in [5.41, 5.74) is 8.74. The molecule has 0 saturated carbocycles. The maximum Gasteiger partial charge on any atom is 0.409 e. The molecule has 76 heavy (non-hydrogen) atoms. The number of nitrogens with one attached hydrogen (secondary N) is 5. The van der Waals surface area contributed by atoms with E-state index in [4.69, 9.17) is 20.2 Å². The van der Waals surface area contributed by atoms with Crippen LogP contribution in [-0.4, -0.2) is 163 Å². The van der Waals surface area contributed by atoms with Gasteiger partial charge in [0.05, 0.1) is 23.5 Å². The molecule has 0 radical (unpaired) electrons. The number of sulfonamides is 1. The van der Waals surface area contributed by atoms with Crippen LogP contribution in [0.2, 0.25) is 0 Å². The zero-order valence-electron chi connectivity index (χ0n) is 43.7. The molecule has 4 aromatic rings. The molecule has 25 heteroatoms. The molecule has 3 heterocycles. The van der Waals surface area contributed by atoms with Crippen LogP contribution in [0.15, 0.2) is 83.9 Å². The summed E-state index contributed by atoms with van der Waals surface area (Å²) >= 11 is 0. The summed E-state index contributed by atoms with van der Waals surface area (Å²) in [7, 11) is -0.734. The molecule has 3 aromatic carbocycles. The Balaban J connectivity index is 1.04. The summed E-state index contributed by atoms with van der Waals surface area (Å²) in [5, 5.41) is 17.8. The number of hydrogen-bond acceptors (Lipinski definition) is 16. The molecule has 7 amide bonds. The summed E-state index contributed by atoms with van der Waals surface area (Å²) in [6.07, 6.45) is 3.63. The number of nitrogens with zero attached hydrogens (tertiary/aromatic N) is 7. The second-order valence-corrected chi connectivity index (χ2v) is 21.3. The Labute approximate surface area is 442 Å². The average Bonchev–Trinajstić information content (AvgIpc) is 4.11. The number of primary amides is 1. The number of likely N-dealkylation sites (N-methyl/N-ethyl adjacent to an activating group) is 2. The molecular weight excluding hydrogens is 1000 g/mol. The fraction of sp³-hybridized carbons (Fsp3) is 0.451. The van der Waals surface area contributed by atoms with Gasteiger partial charge in [-0.25, -0.2) is 32.6 Å².